The van der Waals surface area contributed by atoms with Crippen molar-refractivity contribution in [2.24, 2.45) is 0 Å². The number of carbonyl (C=O) groups excluding carboxylic acids is 1. The number of amides is 1. The third-order valence-electron chi connectivity index (χ3n) is 6.55. The fourth-order valence-corrected chi connectivity index (χ4v) is 6.84. The van der Waals surface area contributed by atoms with Crippen molar-refractivity contribution in [1.82, 2.24) is 5.32 Å². The predicted octanol–water partition coefficient (Wildman–Crippen LogP) is 6.49. The summed E-state index contributed by atoms with van der Waals surface area (Å²) < 4.78 is 20.4. The van der Waals surface area contributed by atoms with E-state index in [9.17, 15) is 9.36 Å². The van der Waals surface area contributed by atoms with Gasteiger partial charge in [-0.25, -0.2) is 0 Å². The van der Waals surface area contributed by atoms with Gasteiger partial charge in [0.2, 0.25) is 5.91 Å². The van der Waals surface area contributed by atoms with Crippen molar-refractivity contribution in [1.29, 1.82) is 0 Å². The Morgan fingerprint density at radius 3 is 1.86 bits per heavy atom. The Morgan fingerprint density at radius 2 is 1.38 bits per heavy atom. The Balaban J connectivity index is 1.63. The molecule has 0 bridgehead atoms. The number of hydrogen-bond acceptors (Lipinski definition) is 3. The molecule has 3 aromatic carbocycles. The molecule has 37 heavy (non-hydrogen) atoms. The third-order valence-corrected chi connectivity index (χ3v) is 9.55. The van der Waals surface area contributed by atoms with E-state index in [4.69, 9.17) is 4.74 Å². The molecule has 0 saturated carbocycles. The highest BCUT2D eigenvalue weighted by atomic mass is 31.2. The van der Waals surface area contributed by atoms with E-state index in [0.29, 0.717) is 30.2 Å². The summed E-state index contributed by atoms with van der Waals surface area (Å²) in [6.07, 6.45) is 0.611. The van der Waals surface area contributed by atoms with Crippen LogP contribution in [0, 0.1) is 6.92 Å². The van der Waals surface area contributed by atoms with Crippen LogP contribution in [0.15, 0.2) is 72.8 Å². The maximum atomic E-state index is 14.1. The van der Waals surface area contributed by atoms with Crippen LogP contribution in [-0.4, -0.2) is 25.2 Å². The van der Waals surface area contributed by atoms with E-state index in [1.165, 1.54) is 11.1 Å². The summed E-state index contributed by atoms with van der Waals surface area (Å²) in [6.45, 7) is 16.4. The van der Waals surface area contributed by atoms with Gasteiger partial charge in [0.15, 0.2) is 7.14 Å². The summed E-state index contributed by atoms with van der Waals surface area (Å²) in [5.41, 5.74) is 3.65. The molecule has 0 fully saturated rings. The molecule has 5 heteroatoms. The summed E-state index contributed by atoms with van der Waals surface area (Å²) in [6, 6.07) is 23.1. The number of aryl methyl sites for hydroxylation is 1. The maximum Gasteiger partial charge on any atom is 0.228 e. The van der Waals surface area contributed by atoms with Gasteiger partial charge in [0.1, 0.15) is 5.75 Å². The summed E-state index contributed by atoms with van der Waals surface area (Å²) in [7, 11) is -3.08. The van der Waals surface area contributed by atoms with Crippen molar-refractivity contribution in [3.8, 4) is 5.75 Å². The van der Waals surface area contributed by atoms with Gasteiger partial charge < -0.3 is 14.6 Å². The molecular weight excluding hydrogens is 477 g/mol. The molecule has 3 rings (SSSR count). The first-order chi connectivity index (χ1) is 17.3. The highest BCUT2D eigenvalue weighted by molar-refractivity contribution is 7.79. The lowest BCUT2D eigenvalue weighted by Gasteiger charge is -2.28. The summed E-state index contributed by atoms with van der Waals surface area (Å²) >= 11 is 0. The first kappa shape index (κ1) is 28.7. The second-order valence-corrected chi connectivity index (χ2v) is 14.6. The zero-order valence-electron chi connectivity index (χ0n) is 23.4. The second kappa shape index (κ2) is 11.7. The van der Waals surface area contributed by atoms with E-state index in [2.05, 4.69) is 65.9 Å². The van der Waals surface area contributed by atoms with Crippen molar-refractivity contribution in [3.63, 3.8) is 0 Å². The number of rotatable bonds is 9. The van der Waals surface area contributed by atoms with Crippen molar-refractivity contribution in [2.75, 3.05) is 19.3 Å². The van der Waals surface area contributed by atoms with Crippen LogP contribution in [-0.2, 0) is 20.2 Å². The highest BCUT2D eigenvalue weighted by Crippen LogP contribution is 2.43. The van der Waals surface area contributed by atoms with Crippen molar-refractivity contribution < 1.29 is 14.1 Å². The quantitative estimate of drug-likeness (QED) is 0.260. The largest absolute Gasteiger partial charge is 0.493 e. The monoisotopic (exact) mass is 519 g/mol. The molecule has 198 valence electrons. The minimum absolute atomic E-state index is 0.0500. The fraction of sp³-hybridized carbons (Fsp3) is 0.406. The lowest BCUT2D eigenvalue weighted by molar-refractivity contribution is -0.118. The number of nitrogens with one attached hydrogen (secondary N) is 1. The Hall–Kier alpha value is -2.84. The molecule has 0 aliphatic heterocycles. The van der Waals surface area contributed by atoms with Crippen LogP contribution < -0.4 is 20.7 Å². The second-order valence-electron chi connectivity index (χ2n) is 11.8. The van der Waals surface area contributed by atoms with Crippen molar-refractivity contribution >= 4 is 23.7 Å². The fourth-order valence-electron chi connectivity index (χ4n) is 4.36. The predicted molar refractivity (Wildman–Crippen MR) is 156 cm³/mol. The SMILES string of the molecule is Cc1cc(C(C)(C)C)cc(C(C)(C)C)c1OCCCNC(=O)CP(=O)(c1ccccc1)c1ccccc1. The number of hydrogen-bond donors (Lipinski definition) is 1. The van der Waals surface area contributed by atoms with E-state index < -0.39 is 7.14 Å². The van der Waals surface area contributed by atoms with E-state index >= 15 is 0 Å². The van der Waals surface area contributed by atoms with Gasteiger partial charge in [0.25, 0.3) is 0 Å². The molecule has 0 unspecified atom stereocenters. The summed E-state index contributed by atoms with van der Waals surface area (Å²) in [4.78, 5) is 12.9. The van der Waals surface area contributed by atoms with Crippen LogP contribution in [0.2, 0.25) is 0 Å². The Kier molecular flexibility index (Phi) is 9.08. The third kappa shape index (κ3) is 7.36. The van der Waals surface area contributed by atoms with Gasteiger partial charge in [0, 0.05) is 22.7 Å². The molecule has 0 spiro atoms. The van der Waals surface area contributed by atoms with Gasteiger partial charge in [-0.1, -0.05) is 114 Å². The number of benzene rings is 3. The Labute approximate surface area is 223 Å². The lowest BCUT2D eigenvalue weighted by Crippen LogP contribution is -2.32. The molecule has 0 aromatic heterocycles. The molecule has 0 aliphatic rings. The zero-order valence-corrected chi connectivity index (χ0v) is 24.3. The zero-order chi connectivity index (χ0) is 27.3. The molecule has 1 N–H and O–H groups in total. The lowest BCUT2D eigenvalue weighted by atomic mass is 9.79. The van der Waals surface area contributed by atoms with E-state index in [1.54, 1.807) is 0 Å². The van der Waals surface area contributed by atoms with Crippen LogP contribution in [0.25, 0.3) is 0 Å². The minimum atomic E-state index is -3.08. The van der Waals surface area contributed by atoms with Crippen molar-refractivity contribution in [2.45, 2.75) is 65.7 Å². The minimum Gasteiger partial charge on any atom is -0.493 e. The highest BCUT2D eigenvalue weighted by Gasteiger charge is 2.30. The first-order valence-electron chi connectivity index (χ1n) is 13.1. The average molecular weight is 520 g/mol. The molecule has 0 atom stereocenters. The molecule has 0 heterocycles. The Bertz CT molecular complexity index is 1200. The molecule has 1 amide bonds. The topological polar surface area (TPSA) is 55.4 Å². The van der Waals surface area contributed by atoms with E-state index in [-0.39, 0.29) is 22.9 Å². The molecule has 4 nitrogen and oxygen atoms in total. The molecule has 0 radical (unpaired) electrons. The Morgan fingerprint density at radius 1 is 0.838 bits per heavy atom. The smallest absolute Gasteiger partial charge is 0.228 e. The number of carbonyl (C=O) groups is 1. The molecule has 0 saturated heterocycles. The standard InChI is InChI=1S/C32H42NO3P/c1-24-21-25(31(2,3)4)22-28(32(5,6)7)30(24)36-20-14-19-33-29(34)23-37(35,26-15-10-8-11-16-26)27-17-12-9-13-18-27/h8-13,15-18,21-22H,14,19-20,23H2,1-7H3,(H,33,34). The van der Waals surface area contributed by atoms with Crippen LogP contribution in [0.3, 0.4) is 0 Å². The number of ether oxygens (including phenoxy) is 1. The van der Waals surface area contributed by atoms with Gasteiger partial charge in [-0.15, -0.1) is 0 Å². The summed E-state index contributed by atoms with van der Waals surface area (Å²) in [5.74, 6) is 0.724. The van der Waals surface area contributed by atoms with Crippen LogP contribution >= 0.6 is 7.14 Å². The normalized spacial score (nSPS) is 12.3. The first-order valence-corrected chi connectivity index (χ1v) is 15.0. The molecular formula is C32H42NO3P. The molecule has 0 aliphatic carbocycles. The molecule has 3 aromatic rings. The van der Waals surface area contributed by atoms with E-state index in [1.807, 2.05) is 60.7 Å². The van der Waals surface area contributed by atoms with Crippen LogP contribution in [0.4, 0.5) is 0 Å². The average Bonchev–Trinajstić information content (AvgIpc) is 2.84. The summed E-state index contributed by atoms with van der Waals surface area (Å²) in [5, 5.41) is 4.36. The van der Waals surface area contributed by atoms with Crippen LogP contribution in [0.5, 0.6) is 5.75 Å². The maximum absolute atomic E-state index is 14.1. The van der Waals surface area contributed by atoms with Gasteiger partial charge in [0.05, 0.1) is 12.8 Å². The van der Waals surface area contributed by atoms with Crippen molar-refractivity contribution in [3.05, 3.63) is 89.5 Å². The van der Waals surface area contributed by atoms with Gasteiger partial charge in [-0.3, -0.25) is 4.79 Å². The van der Waals surface area contributed by atoms with E-state index in [0.717, 1.165) is 11.3 Å². The van der Waals surface area contributed by atoms with Gasteiger partial charge >= 0.3 is 0 Å². The van der Waals surface area contributed by atoms with Gasteiger partial charge in [-0.05, 0) is 35.3 Å². The van der Waals surface area contributed by atoms with Crippen LogP contribution in [0.1, 0.15) is 64.7 Å². The van der Waals surface area contributed by atoms with Gasteiger partial charge in [-0.2, -0.15) is 0 Å².